The summed E-state index contributed by atoms with van der Waals surface area (Å²) >= 11 is 0. The van der Waals surface area contributed by atoms with Crippen molar-refractivity contribution in [1.29, 1.82) is 0 Å². The van der Waals surface area contributed by atoms with Crippen LogP contribution >= 0.6 is 0 Å². The molecule has 0 aliphatic heterocycles. The molecule has 0 heterocycles. The normalized spacial score (nSPS) is 25.9. The van der Waals surface area contributed by atoms with E-state index < -0.39 is 5.54 Å². The number of carbonyl (C=O) groups is 1. The lowest BCUT2D eigenvalue weighted by atomic mass is 9.90. The first-order valence-electron chi connectivity index (χ1n) is 6.62. The molecule has 0 radical (unpaired) electrons. The molecule has 1 atom stereocenters. The average Bonchev–Trinajstić information content (AvgIpc) is 3.11. The second-order valence-electron chi connectivity index (χ2n) is 5.48. The van der Waals surface area contributed by atoms with Crippen LogP contribution < -0.4 is 5.32 Å². The van der Waals surface area contributed by atoms with Gasteiger partial charge in [0.1, 0.15) is 5.54 Å². The number of ether oxygens (including phenoxy) is 1. The maximum atomic E-state index is 12.3. The van der Waals surface area contributed by atoms with Crippen LogP contribution in [0.1, 0.15) is 36.0 Å². The van der Waals surface area contributed by atoms with E-state index in [4.69, 9.17) is 4.74 Å². The van der Waals surface area contributed by atoms with E-state index in [2.05, 4.69) is 30.4 Å². The zero-order valence-electron chi connectivity index (χ0n) is 11.0. The Morgan fingerprint density at radius 3 is 2.89 bits per heavy atom. The van der Waals surface area contributed by atoms with Crippen LogP contribution in [0.5, 0.6) is 0 Å². The van der Waals surface area contributed by atoms with Crippen LogP contribution in [0.4, 0.5) is 0 Å². The van der Waals surface area contributed by atoms with E-state index in [1.165, 1.54) is 31.1 Å². The number of aryl methyl sites for hydroxylation is 2. The Morgan fingerprint density at radius 1 is 1.44 bits per heavy atom. The topological polar surface area (TPSA) is 38.3 Å². The van der Waals surface area contributed by atoms with Crippen LogP contribution in [0.2, 0.25) is 0 Å². The number of rotatable bonds is 3. The second-order valence-corrected chi connectivity index (χ2v) is 5.48. The molecule has 1 unspecified atom stereocenters. The minimum Gasteiger partial charge on any atom is -0.467 e. The zero-order valence-corrected chi connectivity index (χ0v) is 11.0. The van der Waals surface area contributed by atoms with Crippen molar-refractivity contribution in [3.8, 4) is 0 Å². The Labute approximate surface area is 108 Å². The minimum absolute atomic E-state index is 0.140. The van der Waals surface area contributed by atoms with Crippen molar-refractivity contribution in [2.24, 2.45) is 0 Å². The Hall–Kier alpha value is -1.35. The lowest BCUT2D eigenvalue weighted by Gasteiger charge is -2.29. The largest absolute Gasteiger partial charge is 0.467 e. The van der Waals surface area contributed by atoms with Crippen LogP contribution in [0.3, 0.4) is 0 Å². The van der Waals surface area contributed by atoms with Crippen molar-refractivity contribution in [1.82, 2.24) is 5.32 Å². The summed E-state index contributed by atoms with van der Waals surface area (Å²) in [6.45, 7) is 2.07. The highest BCUT2D eigenvalue weighted by Crippen LogP contribution is 2.40. The van der Waals surface area contributed by atoms with E-state index in [1.807, 2.05) is 0 Å². The van der Waals surface area contributed by atoms with Crippen molar-refractivity contribution in [3.63, 3.8) is 0 Å². The molecule has 0 bridgehead atoms. The highest BCUT2D eigenvalue weighted by Gasteiger charge is 2.48. The van der Waals surface area contributed by atoms with Gasteiger partial charge in [0, 0.05) is 6.04 Å². The highest BCUT2D eigenvalue weighted by molar-refractivity contribution is 5.84. The summed E-state index contributed by atoms with van der Waals surface area (Å²) in [5.74, 6) is -0.140. The number of esters is 1. The number of nitrogens with one attached hydrogen (secondary N) is 1. The fraction of sp³-hybridized carbons (Fsp3) is 0.533. The van der Waals surface area contributed by atoms with E-state index in [-0.39, 0.29) is 5.97 Å². The van der Waals surface area contributed by atoms with Gasteiger partial charge in [-0.05, 0) is 43.7 Å². The summed E-state index contributed by atoms with van der Waals surface area (Å²) in [6.07, 6.45) is 4.10. The molecule has 1 fully saturated rings. The van der Waals surface area contributed by atoms with Gasteiger partial charge in [0.15, 0.2) is 0 Å². The van der Waals surface area contributed by atoms with Crippen molar-refractivity contribution < 1.29 is 9.53 Å². The fourth-order valence-corrected chi connectivity index (χ4v) is 2.93. The number of fused-ring (bicyclic) bond motifs is 1. The SMILES string of the molecule is COC(=O)C1(NC2CC2)CCc2ccc(C)cc21. The lowest BCUT2D eigenvalue weighted by molar-refractivity contribution is -0.149. The maximum Gasteiger partial charge on any atom is 0.330 e. The predicted molar refractivity (Wildman–Crippen MR) is 69.4 cm³/mol. The highest BCUT2D eigenvalue weighted by atomic mass is 16.5. The zero-order chi connectivity index (χ0) is 12.8. The first-order chi connectivity index (χ1) is 8.65. The third-order valence-corrected chi connectivity index (χ3v) is 4.06. The van der Waals surface area contributed by atoms with Gasteiger partial charge in [0.25, 0.3) is 0 Å². The third-order valence-electron chi connectivity index (χ3n) is 4.06. The maximum absolute atomic E-state index is 12.3. The third kappa shape index (κ3) is 1.74. The molecular formula is C15H19NO2. The Kier molecular flexibility index (Phi) is 2.67. The minimum atomic E-state index is -0.600. The first kappa shape index (κ1) is 11.7. The monoisotopic (exact) mass is 245 g/mol. The Bertz CT molecular complexity index is 493. The molecule has 2 aliphatic rings. The van der Waals surface area contributed by atoms with Gasteiger partial charge in [-0.2, -0.15) is 0 Å². The van der Waals surface area contributed by atoms with E-state index in [0.717, 1.165) is 18.4 Å². The van der Waals surface area contributed by atoms with E-state index in [9.17, 15) is 4.79 Å². The number of carbonyl (C=O) groups excluding carboxylic acids is 1. The molecule has 3 nitrogen and oxygen atoms in total. The average molecular weight is 245 g/mol. The molecule has 0 saturated heterocycles. The smallest absolute Gasteiger partial charge is 0.330 e. The molecule has 18 heavy (non-hydrogen) atoms. The van der Waals surface area contributed by atoms with Gasteiger partial charge in [-0.15, -0.1) is 0 Å². The van der Waals surface area contributed by atoms with Gasteiger partial charge in [0.05, 0.1) is 7.11 Å². The van der Waals surface area contributed by atoms with Crippen molar-refractivity contribution in [2.75, 3.05) is 7.11 Å². The van der Waals surface area contributed by atoms with Gasteiger partial charge in [-0.25, -0.2) is 4.79 Å². The van der Waals surface area contributed by atoms with Crippen LogP contribution in [0.15, 0.2) is 18.2 Å². The van der Waals surface area contributed by atoms with Crippen molar-refractivity contribution in [2.45, 2.75) is 44.2 Å². The number of hydrogen-bond acceptors (Lipinski definition) is 3. The lowest BCUT2D eigenvalue weighted by Crippen LogP contribution is -2.49. The molecule has 0 amide bonds. The van der Waals surface area contributed by atoms with Crippen molar-refractivity contribution >= 4 is 5.97 Å². The molecule has 0 spiro atoms. The summed E-state index contributed by atoms with van der Waals surface area (Å²) in [5.41, 5.74) is 3.00. The predicted octanol–water partition coefficient (Wildman–Crippen LogP) is 2.06. The summed E-state index contributed by atoms with van der Waals surface area (Å²) in [6, 6.07) is 6.87. The van der Waals surface area contributed by atoms with Gasteiger partial charge in [0.2, 0.25) is 0 Å². The quantitative estimate of drug-likeness (QED) is 0.828. The molecule has 1 aromatic carbocycles. The fourth-order valence-electron chi connectivity index (χ4n) is 2.93. The molecule has 3 rings (SSSR count). The van der Waals surface area contributed by atoms with Gasteiger partial charge in [-0.1, -0.05) is 23.8 Å². The summed E-state index contributed by atoms with van der Waals surface area (Å²) in [7, 11) is 1.48. The van der Waals surface area contributed by atoms with Gasteiger partial charge >= 0.3 is 5.97 Å². The molecule has 1 N–H and O–H groups in total. The van der Waals surface area contributed by atoms with Crippen molar-refractivity contribution in [3.05, 3.63) is 34.9 Å². The summed E-state index contributed by atoms with van der Waals surface area (Å²) in [4.78, 5) is 12.3. The second kappa shape index (κ2) is 4.09. The van der Waals surface area contributed by atoms with Crippen LogP contribution in [0, 0.1) is 6.92 Å². The number of methoxy groups -OCH3 is 1. The van der Waals surface area contributed by atoms with Gasteiger partial charge < -0.3 is 4.74 Å². The van der Waals surface area contributed by atoms with Gasteiger partial charge in [-0.3, -0.25) is 5.32 Å². The standard InChI is InChI=1S/C15H19NO2/c1-10-3-4-11-7-8-15(13(11)9-10,14(17)18-2)16-12-5-6-12/h3-4,9,12,16H,5-8H2,1-2H3. The molecule has 1 aromatic rings. The molecule has 1 saturated carbocycles. The summed E-state index contributed by atoms with van der Waals surface area (Å²) in [5, 5.41) is 3.53. The number of hydrogen-bond donors (Lipinski definition) is 1. The molecule has 2 aliphatic carbocycles. The van der Waals surface area contributed by atoms with Crippen LogP contribution in [-0.4, -0.2) is 19.1 Å². The molecule has 3 heteroatoms. The van der Waals surface area contributed by atoms with E-state index >= 15 is 0 Å². The summed E-state index contributed by atoms with van der Waals surface area (Å²) < 4.78 is 5.06. The Balaban J connectivity index is 2.05. The molecule has 0 aromatic heterocycles. The van der Waals surface area contributed by atoms with E-state index in [0.29, 0.717) is 6.04 Å². The first-order valence-corrected chi connectivity index (χ1v) is 6.62. The number of benzene rings is 1. The molecular weight excluding hydrogens is 226 g/mol. The van der Waals surface area contributed by atoms with Crippen LogP contribution in [-0.2, 0) is 21.5 Å². The Morgan fingerprint density at radius 2 is 2.22 bits per heavy atom. The van der Waals surface area contributed by atoms with E-state index in [1.54, 1.807) is 0 Å². The van der Waals surface area contributed by atoms with Crippen LogP contribution in [0.25, 0.3) is 0 Å². The molecule has 96 valence electrons.